The predicted molar refractivity (Wildman–Crippen MR) is 185 cm³/mol. The van der Waals surface area contributed by atoms with E-state index in [9.17, 15) is 31.2 Å². The molecule has 0 aliphatic carbocycles. The third-order valence-corrected chi connectivity index (χ3v) is 13.5. The molecule has 0 aromatic heterocycles. The van der Waals surface area contributed by atoms with Gasteiger partial charge in [0.2, 0.25) is 20.0 Å². The molecule has 0 spiro atoms. The quantitative estimate of drug-likeness (QED) is 0.0707. The molecule has 13 nitrogen and oxygen atoms in total. The molecule has 1 unspecified atom stereocenters. The minimum atomic E-state index is -4.05. The molecule has 5 rings (SSSR count). The molecule has 0 radical (unpaired) electrons. The van der Waals surface area contributed by atoms with Crippen molar-refractivity contribution >= 4 is 61.2 Å². The molecule has 2 heterocycles. The lowest BCUT2D eigenvalue weighted by atomic mass is 9.92. The number of nitrogens with zero attached hydrogens (tertiary/aromatic N) is 3. The van der Waals surface area contributed by atoms with E-state index >= 15 is 0 Å². The molecule has 0 saturated carbocycles. The monoisotopic (exact) mass is 723 g/mol. The fourth-order valence-electron chi connectivity index (χ4n) is 7.73. The van der Waals surface area contributed by atoms with E-state index in [1.807, 2.05) is 34.6 Å². The lowest BCUT2D eigenvalue weighted by Crippen LogP contribution is -2.43. The van der Waals surface area contributed by atoms with Gasteiger partial charge >= 0.3 is 8.25 Å². The van der Waals surface area contributed by atoms with E-state index in [4.69, 9.17) is 4.99 Å². The summed E-state index contributed by atoms with van der Waals surface area (Å²) in [7, 11) is -11.2. The van der Waals surface area contributed by atoms with Gasteiger partial charge in [0.15, 0.2) is 0 Å². The van der Waals surface area contributed by atoms with Crippen LogP contribution in [0.3, 0.4) is 0 Å². The Morgan fingerprint density at radius 1 is 0.854 bits per heavy atom. The van der Waals surface area contributed by atoms with Crippen molar-refractivity contribution in [2.24, 2.45) is 28.8 Å². The van der Waals surface area contributed by atoms with Crippen LogP contribution in [0.4, 0.5) is 11.4 Å². The Hall–Kier alpha value is -2.62. The molecular weight excluding hydrogens is 679 g/mol. The Morgan fingerprint density at radius 3 is 1.92 bits per heavy atom. The Bertz CT molecular complexity index is 1950. The molecule has 2 fully saturated rings. The molecule has 2 N–H and O–H groups in total. The molecule has 48 heavy (non-hydrogen) atoms. The van der Waals surface area contributed by atoms with Crippen molar-refractivity contribution in [3.63, 3.8) is 0 Å². The highest BCUT2D eigenvalue weighted by molar-refractivity contribution is 7.89. The summed E-state index contributed by atoms with van der Waals surface area (Å²) in [4.78, 5) is 26.9. The van der Waals surface area contributed by atoms with Crippen LogP contribution in [-0.2, 0) is 47.1 Å². The van der Waals surface area contributed by atoms with E-state index in [0.29, 0.717) is 49.1 Å². The molecular formula is C32H44N4O9PS2+. The lowest BCUT2D eigenvalue weighted by molar-refractivity contribution is -0.179. The van der Waals surface area contributed by atoms with Crippen molar-refractivity contribution in [1.82, 2.24) is 8.61 Å². The van der Waals surface area contributed by atoms with Crippen molar-refractivity contribution < 1.29 is 36.0 Å². The first-order valence-electron chi connectivity index (χ1n) is 16.3. The summed E-state index contributed by atoms with van der Waals surface area (Å²) < 4.78 is 75.9. The van der Waals surface area contributed by atoms with E-state index < -0.39 is 28.3 Å². The van der Waals surface area contributed by atoms with Crippen molar-refractivity contribution in [2.45, 2.75) is 77.0 Å². The molecule has 2 aliphatic heterocycles. The topological polar surface area (TPSA) is 172 Å². The maximum absolute atomic E-state index is 14.5. The first-order chi connectivity index (χ1) is 22.6. The van der Waals surface area contributed by atoms with Gasteiger partial charge in [-0.25, -0.2) is 22.3 Å². The van der Waals surface area contributed by atoms with Crippen LogP contribution in [0.1, 0.15) is 65.5 Å². The Balaban J connectivity index is 1.85. The number of anilines is 1. The van der Waals surface area contributed by atoms with Crippen LogP contribution in [0.25, 0.3) is 21.5 Å². The van der Waals surface area contributed by atoms with Gasteiger partial charge in [0.05, 0.1) is 20.2 Å². The SMILES string of the molecule is CCc1cc2c(N=O)c3ccc(S(=O)(=O)N4C[C@H](C)C[C@H](C)C4)cc3c(NOO[P+](=O)O)c2c(CC)c1S(=O)(=O)N1C[C@H](C)C[C@H](C)C1. The lowest BCUT2D eigenvalue weighted by Gasteiger charge is -2.35. The van der Waals surface area contributed by atoms with Gasteiger partial charge in [0.1, 0.15) is 5.69 Å². The largest absolute Gasteiger partial charge is 0.727 e. The summed E-state index contributed by atoms with van der Waals surface area (Å²) in [6.45, 7) is 13.1. The van der Waals surface area contributed by atoms with E-state index in [0.717, 1.165) is 12.8 Å². The van der Waals surface area contributed by atoms with Gasteiger partial charge in [-0.2, -0.15) is 8.61 Å². The van der Waals surface area contributed by atoms with Crippen LogP contribution < -0.4 is 5.48 Å². The Labute approximate surface area is 282 Å². The predicted octanol–water partition coefficient (Wildman–Crippen LogP) is 6.77. The minimum absolute atomic E-state index is 0.00238. The zero-order valence-corrected chi connectivity index (χ0v) is 30.6. The van der Waals surface area contributed by atoms with Crippen LogP contribution in [0.2, 0.25) is 0 Å². The van der Waals surface area contributed by atoms with Crippen LogP contribution in [0.5, 0.6) is 0 Å². The average Bonchev–Trinajstić information content (AvgIpc) is 3.02. The van der Waals surface area contributed by atoms with E-state index in [1.54, 1.807) is 13.0 Å². The molecule has 3 aromatic rings. The highest BCUT2D eigenvalue weighted by Crippen LogP contribution is 2.47. The van der Waals surface area contributed by atoms with Gasteiger partial charge in [-0.05, 0) is 83.9 Å². The minimum Gasteiger partial charge on any atom is -0.230 e. The van der Waals surface area contributed by atoms with Gasteiger partial charge in [-0.1, -0.05) is 52.6 Å². The Kier molecular flexibility index (Phi) is 10.9. The van der Waals surface area contributed by atoms with Crippen molar-refractivity contribution in [1.29, 1.82) is 0 Å². The highest BCUT2D eigenvalue weighted by Gasteiger charge is 2.37. The first-order valence-corrected chi connectivity index (χ1v) is 20.3. The summed E-state index contributed by atoms with van der Waals surface area (Å²) in [5, 5.41) is 4.39. The summed E-state index contributed by atoms with van der Waals surface area (Å²) in [6, 6.07) is 5.94. The first kappa shape index (κ1) is 36.7. The molecule has 3 aromatic carbocycles. The number of nitrogens with one attached hydrogen (secondary N) is 1. The second-order valence-electron chi connectivity index (χ2n) is 13.5. The molecule has 2 aliphatic rings. The maximum atomic E-state index is 14.5. The second-order valence-corrected chi connectivity index (χ2v) is 18.0. The fraction of sp³-hybridized carbons (Fsp3) is 0.562. The van der Waals surface area contributed by atoms with Crippen molar-refractivity contribution in [2.75, 3.05) is 31.7 Å². The second kappa shape index (κ2) is 14.3. The number of fused-ring (bicyclic) bond motifs is 2. The third-order valence-electron chi connectivity index (χ3n) is 9.45. The third kappa shape index (κ3) is 6.88. The molecule has 262 valence electrons. The number of hydrogen-bond acceptors (Lipinski definition) is 10. The number of sulfonamides is 2. The van der Waals surface area contributed by atoms with Crippen LogP contribution >= 0.6 is 8.25 Å². The fourth-order valence-corrected chi connectivity index (χ4v) is 11.8. The summed E-state index contributed by atoms with van der Waals surface area (Å²) in [5.74, 6) is 0.633. The van der Waals surface area contributed by atoms with Gasteiger partial charge < -0.3 is 0 Å². The van der Waals surface area contributed by atoms with Crippen molar-refractivity contribution in [3.8, 4) is 0 Å². The van der Waals surface area contributed by atoms with Crippen LogP contribution in [-0.4, -0.2) is 56.5 Å². The normalized spacial score (nSPS) is 23.4. The van der Waals surface area contributed by atoms with E-state index in [2.05, 4.69) is 15.3 Å². The molecule has 5 atom stereocenters. The van der Waals surface area contributed by atoms with Crippen molar-refractivity contribution in [3.05, 3.63) is 40.3 Å². The van der Waals surface area contributed by atoms with E-state index in [-0.39, 0.29) is 67.4 Å². The Morgan fingerprint density at radius 2 is 1.42 bits per heavy atom. The highest BCUT2D eigenvalue weighted by atomic mass is 32.2. The summed E-state index contributed by atoms with van der Waals surface area (Å²) in [5.41, 5.74) is 3.48. The molecule has 0 bridgehead atoms. The maximum Gasteiger partial charge on any atom is 0.727 e. The van der Waals surface area contributed by atoms with Gasteiger partial charge in [-0.15, -0.1) is 9.80 Å². The number of piperidine rings is 2. The molecule has 2 saturated heterocycles. The molecule has 16 heteroatoms. The zero-order valence-electron chi connectivity index (χ0n) is 28.1. The standard InChI is InChI=1S/C32H43N4O9PS2/c1-7-23-13-28-29(25(8-2)32(23)48(42,43)36-17-21(5)12-22(6)18-36)31(34-44-45-46(38)39)27-14-24(9-10-26(27)30(28)33-37)47(40,41)35-15-19(3)11-20(4)16-35/h9-10,13-14,19-22,34H,7-8,11-12,15-18H2,1-6H3/p+1/t19-,20+,21-,22+. The number of nitroso groups, excluding NO2 is 1. The van der Waals surface area contributed by atoms with Gasteiger partial charge in [0.25, 0.3) is 0 Å². The summed E-state index contributed by atoms with van der Waals surface area (Å²) in [6.07, 6.45) is 2.35. The number of hydrogen-bond donors (Lipinski definition) is 2. The zero-order chi connectivity index (χ0) is 35.1. The van der Waals surface area contributed by atoms with Gasteiger partial charge in [0, 0.05) is 52.3 Å². The summed E-state index contributed by atoms with van der Waals surface area (Å²) >= 11 is 0. The number of aryl methyl sites for hydroxylation is 2. The smallest absolute Gasteiger partial charge is 0.230 e. The number of benzene rings is 3. The van der Waals surface area contributed by atoms with Crippen LogP contribution in [0.15, 0.2) is 39.2 Å². The van der Waals surface area contributed by atoms with E-state index in [1.165, 1.54) is 26.8 Å². The van der Waals surface area contributed by atoms with Gasteiger partial charge in [-0.3, -0.25) is 0 Å². The average molecular weight is 724 g/mol. The van der Waals surface area contributed by atoms with Crippen LogP contribution in [0, 0.1) is 28.6 Å². The number of rotatable bonds is 11. The molecule has 0 amide bonds.